The first kappa shape index (κ1) is 19.3. The van der Waals surface area contributed by atoms with Crippen molar-refractivity contribution in [3.05, 3.63) is 58.4 Å². The average Bonchev–Trinajstić information content (AvgIpc) is 2.65. The summed E-state index contributed by atoms with van der Waals surface area (Å²) >= 11 is 0. The second-order valence-electron chi connectivity index (χ2n) is 6.12. The van der Waals surface area contributed by atoms with Crippen LogP contribution < -0.4 is 15.0 Å². The standard InChI is InChI=1S/C18H15FN4O4S/c1-10(2)28(25,26)23-16-6-4-14(19)17(13(16)8-20)27-11-3-5-15-12(7-11)18(24)22-9-21-15/h3-7,9-10,23H,1-2H3,(H,21,22,24). The summed E-state index contributed by atoms with van der Waals surface area (Å²) in [6.07, 6.45) is 1.25. The molecule has 0 radical (unpaired) electrons. The number of fused-ring (bicyclic) bond motifs is 1. The molecule has 3 aromatic rings. The number of anilines is 1. The Morgan fingerprint density at radius 1 is 1.29 bits per heavy atom. The molecule has 10 heteroatoms. The summed E-state index contributed by atoms with van der Waals surface area (Å²) in [5.74, 6) is -1.22. The van der Waals surface area contributed by atoms with Crippen LogP contribution in [-0.4, -0.2) is 23.6 Å². The first-order valence-corrected chi connectivity index (χ1v) is 9.67. The van der Waals surface area contributed by atoms with Gasteiger partial charge in [-0.15, -0.1) is 0 Å². The first-order valence-electron chi connectivity index (χ1n) is 8.12. The first-order chi connectivity index (χ1) is 13.2. The third-order valence-corrected chi connectivity index (χ3v) is 5.67. The highest BCUT2D eigenvalue weighted by Gasteiger charge is 2.22. The summed E-state index contributed by atoms with van der Waals surface area (Å²) in [5, 5.41) is 8.92. The molecule has 0 saturated heterocycles. The predicted molar refractivity (Wildman–Crippen MR) is 101 cm³/mol. The van der Waals surface area contributed by atoms with Crippen molar-refractivity contribution >= 4 is 26.6 Å². The van der Waals surface area contributed by atoms with Crippen molar-refractivity contribution in [1.82, 2.24) is 9.97 Å². The number of nitriles is 1. The minimum Gasteiger partial charge on any atom is -0.453 e. The van der Waals surface area contributed by atoms with Gasteiger partial charge >= 0.3 is 0 Å². The Hall–Kier alpha value is -3.45. The predicted octanol–water partition coefficient (Wildman–Crippen LogP) is 2.88. The van der Waals surface area contributed by atoms with Gasteiger partial charge in [0.15, 0.2) is 11.6 Å². The third-order valence-electron chi connectivity index (χ3n) is 3.93. The Bertz CT molecular complexity index is 1260. The number of aromatic nitrogens is 2. The fourth-order valence-electron chi connectivity index (χ4n) is 2.35. The molecule has 0 bridgehead atoms. The number of sulfonamides is 1. The maximum atomic E-state index is 14.4. The van der Waals surface area contributed by atoms with E-state index in [1.807, 2.05) is 0 Å². The molecule has 144 valence electrons. The van der Waals surface area contributed by atoms with Gasteiger partial charge in [-0.05, 0) is 44.2 Å². The third kappa shape index (κ3) is 3.65. The summed E-state index contributed by atoms with van der Waals surface area (Å²) in [4.78, 5) is 18.3. The lowest BCUT2D eigenvalue weighted by Crippen LogP contribution is -2.23. The number of benzene rings is 2. The van der Waals surface area contributed by atoms with Crippen LogP contribution in [0.2, 0.25) is 0 Å². The summed E-state index contributed by atoms with van der Waals surface area (Å²) in [6.45, 7) is 2.94. The van der Waals surface area contributed by atoms with Gasteiger partial charge in [0.05, 0.1) is 28.2 Å². The van der Waals surface area contributed by atoms with Crippen molar-refractivity contribution in [1.29, 1.82) is 5.26 Å². The Morgan fingerprint density at radius 2 is 2.04 bits per heavy atom. The lowest BCUT2D eigenvalue weighted by Gasteiger charge is -2.15. The summed E-state index contributed by atoms with van der Waals surface area (Å²) in [7, 11) is -3.75. The number of halogens is 1. The Kier molecular flexibility index (Phi) is 5.02. The fraction of sp³-hybridized carbons (Fsp3) is 0.167. The molecule has 0 spiro atoms. The van der Waals surface area contributed by atoms with Gasteiger partial charge in [0, 0.05) is 0 Å². The van der Waals surface area contributed by atoms with E-state index in [1.54, 1.807) is 6.07 Å². The van der Waals surface area contributed by atoms with Crippen molar-refractivity contribution in [2.24, 2.45) is 0 Å². The second-order valence-corrected chi connectivity index (χ2v) is 8.36. The van der Waals surface area contributed by atoms with E-state index in [2.05, 4.69) is 14.7 Å². The maximum absolute atomic E-state index is 14.4. The van der Waals surface area contributed by atoms with Gasteiger partial charge in [-0.25, -0.2) is 17.8 Å². The van der Waals surface area contributed by atoms with Crippen molar-refractivity contribution < 1.29 is 17.5 Å². The molecule has 0 amide bonds. The lowest BCUT2D eigenvalue weighted by molar-refractivity contribution is 0.441. The van der Waals surface area contributed by atoms with Gasteiger partial charge in [-0.1, -0.05) is 0 Å². The smallest absolute Gasteiger partial charge is 0.258 e. The molecule has 3 rings (SSSR count). The van der Waals surface area contributed by atoms with E-state index in [9.17, 15) is 22.9 Å². The summed E-state index contributed by atoms with van der Waals surface area (Å²) < 4.78 is 46.3. The number of rotatable bonds is 5. The van der Waals surface area contributed by atoms with Crippen LogP contribution in [0.5, 0.6) is 11.5 Å². The number of nitrogens with zero attached hydrogens (tertiary/aromatic N) is 2. The molecule has 0 fully saturated rings. The molecule has 0 aliphatic carbocycles. The van der Waals surface area contributed by atoms with E-state index in [0.717, 1.165) is 12.1 Å². The largest absolute Gasteiger partial charge is 0.453 e. The highest BCUT2D eigenvalue weighted by molar-refractivity contribution is 7.93. The normalized spacial score (nSPS) is 11.4. The van der Waals surface area contributed by atoms with Crippen molar-refractivity contribution in [2.75, 3.05) is 4.72 Å². The molecule has 0 aliphatic rings. The van der Waals surface area contributed by atoms with Crippen LogP contribution in [0.1, 0.15) is 19.4 Å². The van der Waals surface area contributed by atoms with Crippen molar-refractivity contribution in [3.63, 3.8) is 0 Å². The van der Waals surface area contributed by atoms with Gasteiger partial charge in [0.1, 0.15) is 17.4 Å². The number of hydrogen-bond acceptors (Lipinski definition) is 6. The zero-order chi connectivity index (χ0) is 20.5. The number of aromatic amines is 1. The van der Waals surface area contributed by atoms with Crippen LogP contribution >= 0.6 is 0 Å². The van der Waals surface area contributed by atoms with Gasteiger partial charge < -0.3 is 9.72 Å². The van der Waals surface area contributed by atoms with Gasteiger partial charge in [0.2, 0.25) is 10.0 Å². The number of nitrogens with one attached hydrogen (secondary N) is 2. The Morgan fingerprint density at radius 3 is 2.71 bits per heavy atom. The molecule has 0 aliphatic heterocycles. The molecule has 8 nitrogen and oxygen atoms in total. The van der Waals surface area contributed by atoms with E-state index >= 15 is 0 Å². The maximum Gasteiger partial charge on any atom is 0.258 e. The van der Waals surface area contributed by atoms with E-state index in [1.165, 1.54) is 38.4 Å². The highest BCUT2D eigenvalue weighted by Crippen LogP contribution is 2.34. The lowest BCUT2D eigenvalue weighted by atomic mass is 10.1. The molecule has 1 aromatic heterocycles. The number of hydrogen-bond donors (Lipinski definition) is 2. The summed E-state index contributed by atoms with van der Waals surface area (Å²) in [5.41, 5.74) is -0.414. The number of H-pyrrole nitrogens is 1. The second kappa shape index (κ2) is 7.28. The van der Waals surface area contributed by atoms with Crippen LogP contribution in [0.4, 0.5) is 10.1 Å². The fourth-order valence-corrected chi connectivity index (χ4v) is 3.07. The molecule has 2 aromatic carbocycles. The molecule has 0 saturated carbocycles. The van der Waals surface area contributed by atoms with Crippen molar-refractivity contribution in [3.8, 4) is 17.6 Å². The van der Waals surface area contributed by atoms with Gasteiger partial charge in [-0.2, -0.15) is 5.26 Å². The molecule has 1 heterocycles. The van der Waals surface area contributed by atoms with Gasteiger partial charge in [0.25, 0.3) is 5.56 Å². The molecule has 0 atom stereocenters. The van der Waals surface area contributed by atoms with Crippen LogP contribution in [0.3, 0.4) is 0 Å². The monoisotopic (exact) mass is 402 g/mol. The SMILES string of the molecule is CC(C)S(=O)(=O)Nc1ccc(F)c(Oc2ccc3nc[nH]c(=O)c3c2)c1C#N. The molecular weight excluding hydrogens is 387 g/mol. The van der Waals surface area contributed by atoms with Gasteiger partial charge in [-0.3, -0.25) is 9.52 Å². The number of ether oxygens (including phenoxy) is 1. The van der Waals surface area contributed by atoms with E-state index in [-0.39, 0.29) is 22.4 Å². The zero-order valence-electron chi connectivity index (χ0n) is 14.9. The zero-order valence-corrected chi connectivity index (χ0v) is 15.7. The molecule has 28 heavy (non-hydrogen) atoms. The van der Waals surface area contributed by atoms with Crippen LogP contribution in [-0.2, 0) is 10.0 Å². The minimum atomic E-state index is -3.75. The van der Waals surface area contributed by atoms with Crippen molar-refractivity contribution in [2.45, 2.75) is 19.1 Å². The minimum absolute atomic E-state index is 0.0882. The Balaban J connectivity index is 2.07. The van der Waals surface area contributed by atoms with Crippen LogP contribution in [0.15, 0.2) is 41.5 Å². The molecule has 0 unspecified atom stereocenters. The van der Waals surface area contributed by atoms with Crippen LogP contribution in [0, 0.1) is 17.1 Å². The quantitative estimate of drug-likeness (QED) is 0.676. The van der Waals surface area contributed by atoms with Crippen LogP contribution in [0.25, 0.3) is 10.9 Å². The van der Waals surface area contributed by atoms with E-state index < -0.39 is 32.4 Å². The van der Waals surface area contributed by atoms with E-state index in [0.29, 0.717) is 5.52 Å². The molecule has 2 N–H and O–H groups in total. The highest BCUT2D eigenvalue weighted by atomic mass is 32.2. The Labute approximate surface area is 159 Å². The van der Waals surface area contributed by atoms with E-state index in [4.69, 9.17) is 4.74 Å². The summed E-state index contributed by atoms with van der Waals surface area (Å²) in [6, 6.07) is 8.22. The topological polar surface area (TPSA) is 125 Å². The average molecular weight is 402 g/mol. The molecular formula is C18H15FN4O4S.